The Morgan fingerprint density at radius 3 is 2.25 bits per heavy atom. The number of benzene rings is 1. The molecule has 0 amide bonds. The van der Waals surface area contributed by atoms with Gasteiger partial charge in [0.1, 0.15) is 0 Å². The molecule has 0 fully saturated rings. The van der Waals surface area contributed by atoms with E-state index in [1.54, 1.807) is 18.2 Å². The van der Waals surface area contributed by atoms with Crippen LogP contribution in [0.5, 0.6) is 0 Å². The average Bonchev–Trinajstić information content (AvgIpc) is 3.16. The van der Waals surface area contributed by atoms with E-state index in [0.717, 1.165) is 16.8 Å². The number of furan rings is 1. The highest BCUT2D eigenvalue weighted by Crippen LogP contribution is 2.30. The van der Waals surface area contributed by atoms with Crippen molar-refractivity contribution in [2.45, 2.75) is 25.9 Å². The summed E-state index contributed by atoms with van der Waals surface area (Å²) in [6, 6.07) is 10.2. The first kappa shape index (κ1) is 16.3. The van der Waals surface area contributed by atoms with Crippen LogP contribution in [-0.4, -0.2) is 20.6 Å². The minimum absolute atomic E-state index is 0.144. The topological polar surface area (TPSA) is 76.6 Å². The lowest BCUT2D eigenvalue weighted by Gasteiger charge is -2.17. The summed E-state index contributed by atoms with van der Waals surface area (Å²) >= 11 is 0. The fraction of sp³-hybridized carbons (Fsp3) is 0.235. The molecule has 0 saturated heterocycles. The summed E-state index contributed by atoms with van der Waals surface area (Å²) in [5.74, 6) is 0.774. The first-order valence-corrected chi connectivity index (χ1v) is 8.83. The standard InChI is InChI=1S/C17H18N2O4S/c1-11-5-7-14(8-6-11)19(4)24(20,21)16-10-9-15(22-16)17-12(2)13(3)18-23-17/h5-10H,1-4H3. The van der Waals surface area contributed by atoms with Gasteiger partial charge in [0.2, 0.25) is 10.9 Å². The number of nitrogens with zero attached hydrogens (tertiary/aromatic N) is 2. The molecule has 1 aromatic carbocycles. The Morgan fingerprint density at radius 2 is 1.67 bits per heavy atom. The molecule has 0 aliphatic carbocycles. The molecule has 3 aromatic rings. The second-order valence-corrected chi connectivity index (χ2v) is 7.55. The SMILES string of the molecule is Cc1ccc(N(C)S(=O)(=O)c2ccc(-c3onc(C)c3C)o2)cc1. The molecule has 2 heterocycles. The zero-order valence-corrected chi connectivity index (χ0v) is 14.7. The molecule has 3 rings (SSSR count). The Morgan fingerprint density at radius 1 is 1.00 bits per heavy atom. The van der Waals surface area contributed by atoms with E-state index in [9.17, 15) is 8.42 Å². The molecule has 0 saturated carbocycles. The maximum absolute atomic E-state index is 12.7. The molecule has 0 bridgehead atoms. The van der Waals surface area contributed by atoms with Gasteiger partial charge in [0.15, 0.2) is 5.76 Å². The Balaban J connectivity index is 1.96. The highest BCUT2D eigenvalue weighted by Gasteiger charge is 2.26. The molecule has 0 aliphatic heterocycles. The highest BCUT2D eigenvalue weighted by molar-refractivity contribution is 7.92. The number of hydrogen-bond acceptors (Lipinski definition) is 5. The number of hydrogen-bond donors (Lipinski definition) is 0. The van der Waals surface area contributed by atoms with E-state index in [4.69, 9.17) is 8.94 Å². The van der Waals surface area contributed by atoms with Crippen molar-refractivity contribution in [2.75, 3.05) is 11.4 Å². The minimum atomic E-state index is -3.79. The molecule has 126 valence electrons. The van der Waals surface area contributed by atoms with Gasteiger partial charge in [-0.3, -0.25) is 4.31 Å². The molecule has 0 radical (unpaired) electrons. The van der Waals surface area contributed by atoms with Gasteiger partial charge in [-0.05, 0) is 45.0 Å². The van der Waals surface area contributed by atoms with Crippen LogP contribution in [0.1, 0.15) is 16.8 Å². The predicted octanol–water partition coefficient (Wildman–Crippen LogP) is 3.68. The molecule has 7 heteroatoms. The third-order valence-electron chi connectivity index (χ3n) is 3.97. The van der Waals surface area contributed by atoms with E-state index in [1.807, 2.05) is 32.9 Å². The lowest BCUT2D eigenvalue weighted by molar-refractivity contribution is 0.398. The molecule has 0 N–H and O–H groups in total. The van der Waals surface area contributed by atoms with E-state index in [1.165, 1.54) is 17.4 Å². The predicted molar refractivity (Wildman–Crippen MR) is 90.4 cm³/mol. The van der Waals surface area contributed by atoms with Crippen LogP contribution in [0.2, 0.25) is 0 Å². The van der Waals surface area contributed by atoms with Gasteiger partial charge >= 0.3 is 0 Å². The third-order valence-corrected chi connectivity index (χ3v) is 5.63. The fourth-order valence-corrected chi connectivity index (χ4v) is 3.36. The van der Waals surface area contributed by atoms with Crippen LogP contribution in [0.3, 0.4) is 0 Å². The monoisotopic (exact) mass is 346 g/mol. The molecule has 0 aliphatic rings. The van der Waals surface area contributed by atoms with Crippen molar-refractivity contribution in [1.29, 1.82) is 0 Å². The van der Waals surface area contributed by atoms with E-state index in [2.05, 4.69) is 5.16 Å². The third kappa shape index (κ3) is 2.71. The smallest absolute Gasteiger partial charge is 0.297 e. The van der Waals surface area contributed by atoms with E-state index < -0.39 is 10.0 Å². The minimum Gasteiger partial charge on any atom is -0.439 e. The van der Waals surface area contributed by atoms with Gasteiger partial charge in [-0.15, -0.1) is 0 Å². The Hall–Kier alpha value is -2.54. The van der Waals surface area contributed by atoms with Crippen molar-refractivity contribution in [1.82, 2.24) is 5.16 Å². The second-order valence-electron chi connectivity index (χ2n) is 5.65. The van der Waals surface area contributed by atoms with Gasteiger partial charge in [-0.2, -0.15) is 8.42 Å². The molecule has 6 nitrogen and oxygen atoms in total. The van der Waals surface area contributed by atoms with Crippen LogP contribution < -0.4 is 4.31 Å². The number of aromatic nitrogens is 1. The van der Waals surface area contributed by atoms with Crippen LogP contribution >= 0.6 is 0 Å². The first-order chi connectivity index (χ1) is 11.3. The Labute approximate surface area is 140 Å². The van der Waals surface area contributed by atoms with Gasteiger partial charge in [-0.1, -0.05) is 22.9 Å². The molecule has 0 spiro atoms. The fourth-order valence-electron chi connectivity index (χ4n) is 2.25. The number of rotatable bonds is 4. The molecule has 2 aromatic heterocycles. The zero-order valence-electron chi connectivity index (χ0n) is 13.9. The second kappa shape index (κ2) is 5.83. The lowest BCUT2D eigenvalue weighted by Crippen LogP contribution is -2.26. The maximum atomic E-state index is 12.7. The Bertz CT molecular complexity index is 968. The zero-order chi connectivity index (χ0) is 17.5. The highest BCUT2D eigenvalue weighted by atomic mass is 32.2. The number of anilines is 1. The van der Waals surface area contributed by atoms with E-state index in [0.29, 0.717) is 17.2 Å². The summed E-state index contributed by atoms with van der Waals surface area (Å²) in [7, 11) is -2.30. The largest absolute Gasteiger partial charge is 0.439 e. The van der Waals surface area contributed by atoms with E-state index in [-0.39, 0.29) is 5.09 Å². The van der Waals surface area contributed by atoms with Gasteiger partial charge in [-0.25, -0.2) is 0 Å². The normalized spacial score (nSPS) is 11.7. The van der Waals surface area contributed by atoms with Crippen LogP contribution in [0.25, 0.3) is 11.5 Å². The van der Waals surface area contributed by atoms with E-state index >= 15 is 0 Å². The summed E-state index contributed by atoms with van der Waals surface area (Å²) < 4.78 is 37.4. The van der Waals surface area contributed by atoms with Gasteiger partial charge in [0.05, 0.1) is 11.4 Å². The lowest BCUT2D eigenvalue weighted by atomic mass is 10.2. The summed E-state index contributed by atoms with van der Waals surface area (Å²) in [5.41, 5.74) is 3.18. The van der Waals surface area contributed by atoms with Crippen molar-refractivity contribution < 1.29 is 17.4 Å². The van der Waals surface area contributed by atoms with Crippen molar-refractivity contribution in [3.63, 3.8) is 0 Å². The van der Waals surface area contributed by atoms with Crippen LogP contribution in [-0.2, 0) is 10.0 Å². The molecule has 0 atom stereocenters. The van der Waals surface area contributed by atoms with Crippen molar-refractivity contribution >= 4 is 15.7 Å². The van der Waals surface area contributed by atoms with Crippen molar-refractivity contribution in [3.05, 3.63) is 53.2 Å². The quantitative estimate of drug-likeness (QED) is 0.720. The van der Waals surface area contributed by atoms with Gasteiger partial charge in [0, 0.05) is 12.6 Å². The summed E-state index contributed by atoms with van der Waals surface area (Å²) in [6.45, 7) is 5.60. The summed E-state index contributed by atoms with van der Waals surface area (Å²) in [5, 5.41) is 3.72. The van der Waals surface area contributed by atoms with Crippen LogP contribution in [0, 0.1) is 20.8 Å². The number of sulfonamides is 1. The van der Waals surface area contributed by atoms with Crippen LogP contribution in [0.4, 0.5) is 5.69 Å². The first-order valence-electron chi connectivity index (χ1n) is 7.39. The number of aryl methyl sites for hydroxylation is 2. The summed E-state index contributed by atoms with van der Waals surface area (Å²) in [4.78, 5) is 0. The van der Waals surface area contributed by atoms with Crippen LogP contribution in [0.15, 0.2) is 50.4 Å². The average molecular weight is 346 g/mol. The van der Waals surface area contributed by atoms with Gasteiger partial charge in [0.25, 0.3) is 10.0 Å². The Kier molecular flexibility index (Phi) is 3.96. The molecule has 0 unspecified atom stereocenters. The van der Waals surface area contributed by atoms with Gasteiger partial charge < -0.3 is 8.94 Å². The molecule has 24 heavy (non-hydrogen) atoms. The summed E-state index contributed by atoms with van der Waals surface area (Å²) in [6.07, 6.45) is 0. The maximum Gasteiger partial charge on any atom is 0.297 e. The van der Waals surface area contributed by atoms with Crippen molar-refractivity contribution in [2.24, 2.45) is 0 Å². The molecular weight excluding hydrogens is 328 g/mol. The van der Waals surface area contributed by atoms with Crippen molar-refractivity contribution in [3.8, 4) is 11.5 Å². The molecular formula is C17H18N2O4S.